The van der Waals surface area contributed by atoms with Crippen LogP contribution in [-0.4, -0.2) is 52.4 Å². The summed E-state index contributed by atoms with van der Waals surface area (Å²) in [5.41, 5.74) is -1.15. The van der Waals surface area contributed by atoms with Gasteiger partial charge in [-0.3, -0.25) is 0 Å². The van der Waals surface area contributed by atoms with E-state index in [1.165, 1.54) is 9.79 Å². The molecule has 0 spiro atoms. The van der Waals surface area contributed by atoms with Crippen LogP contribution in [0.4, 0.5) is 4.79 Å². The topological polar surface area (TPSA) is 49.8 Å². The minimum atomic E-state index is -0.676. The summed E-state index contributed by atoms with van der Waals surface area (Å²) in [4.78, 5) is 16.3. The molecule has 1 aromatic rings. The molecular formula is C19H29NO3S2. The number of thioether (sulfide) groups is 2. The van der Waals surface area contributed by atoms with E-state index >= 15 is 0 Å². The average molecular weight is 384 g/mol. The summed E-state index contributed by atoms with van der Waals surface area (Å²) in [5.74, 6) is 0.877. The summed E-state index contributed by atoms with van der Waals surface area (Å²) in [5, 5.41) is 10.8. The highest BCUT2D eigenvalue weighted by Crippen LogP contribution is 2.30. The molecule has 0 radical (unpaired) electrons. The Morgan fingerprint density at radius 1 is 1.20 bits per heavy atom. The molecule has 1 N–H and O–H groups in total. The van der Waals surface area contributed by atoms with E-state index < -0.39 is 11.2 Å². The van der Waals surface area contributed by atoms with Crippen LogP contribution in [-0.2, 0) is 4.74 Å². The molecule has 1 heterocycles. The van der Waals surface area contributed by atoms with E-state index in [0.29, 0.717) is 25.9 Å². The highest BCUT2D eigenvalue weighted by atomic mass is 32.2. The number of rotatable bonds is 5. The lowest BCUT2D eigenvalue weighted by atomic mass is 9.89. The number of hydrogen-bond acceptors (Lipinski definition) is 5. The quantitative estimate of drug-likeness (QED) is 0.750. The number of likely N-dealkylation sites (tertiary alicyclic amines) is 1. The number of hydrogen-bond donors (Lipinski definition) is 1. The second-order valence-corrected chi connectivity index (χ2v) is 9.51. The van der Waals surface area contributed by atoms with Crippen molar-refractivity contribution in [2.75, 3.05) is 25.1 Å². The van der Waals surface area contributed by atoms with Gasteiger partial charge in [-0.1, -0.05) is 0 Å². The molecule has 1 aliphatic rings. The first kappa shape index (κ1) is 20.5. The van der Waals surface area contributed by atoms with Crippen molar-refractivity contribution >= 4 is 29.6 Å². The van der Waals surface area contributed by atoms with E-state index in [-0.39, 0.29) is 6.09 Å². The Bertz CT molecular complexity index is 561. The lowest BCUT2D eigenvalue weighted by Crippen LogP contribution is -2.48. The lowest BCUT2D eigenvalue weighted by molar-refractivity contribution is -0.0331. The van der Waals surface area contributed by atoms with Crippen LogP contribution in [0, 0.1) is 0 Å². The van der Waals surface area contributed by atoms with Gasteiger partial charge in [0.05, 0.1) is 5.60 Å². The molecule has 0 aliphatic carbocycles. The van der Waals surface area contributed by atoms with Crippen LogP contribution >= 0.6 is 23.5 Å². The molecule has 25 heavy (non-hydrogen) atoms. The average Bonchev–Trinajstić information content (AvgIpc) is 2.54. The Kier molecular flexibility index (Phi) is 7.11. The summed E-state index contributed by atoms with van der Waals surface area (Å²) in [6.45, 7) is 6.72. The van der Waals surface area contributed by atoms with Crippen molar-refractivity contribution in [1.29, 1.82) is 0 Å². The van der Waals surface area contributed by atoms with Crippen LogP contribution in [0.15, 0.2) is 34.1 Å². The van der Waals surface area contributed by atoms with Crippen LogP contribution in [0.25, 0.3) is 0 Å². The molecule has 0 bridgehead atoms. The van der Waals surface area contributed by atoms with E-state index in [4.69, 9.17) is 4.74 Å². The number of carbonyl (C=O) groups is 1. The van der Waals surface area contributed by atoms with Gasteiger partial charge in [-0.2, -0.15) is 0 Å². The van der Waals surface area contributed by atoms with Gasteiger partial charge in [0.2, 0.25) is 0 Å². The summed E-state index contributed by atoms with van der Waals surface area (Å²) in [6, 6.07) is 8.51. The molecule has 1 amide bonds. The van der Waals surface area contributed by atoms with E-state index in [9.17, 15) is 9.90 Å². The maximum atomic E-state index is 12.1. The van der Waals surface area contributed by atoms with Gasteiger partial charge in [-0.15, -0.1) is 23.5 Å². The second kappa shape index (κ2) is 8.69. The van der Waals surface area contributed by atoms with E-state index in [0.717, 1.165) is 12.2 Å². The monoisotopic (exact) mass is 383 g/mol. The molecule has 1 aliphatic heterocycles. The fourth-order valence-corrected chi connectivity index (χ4v) is 4.17. The number of piperidine rings is 1. The fraction of sp³-hybridized carbons (Fsp3) is 0.632. The van der Waals surface area contributed by atoms with E-state index in [1.54, 1.807) is 28.4 Å². The summed E-state index contributed by atoms with van der Waals surface area (Å²) in [7, 11) is 0. The normalized spacial score (nSPS) is 17.4. The molecule has 0 atom stereocenters. The number of benzene rings is 1. The predicted molar refractivity (Wildman–Crippen MR) is 106 cm³/mol. The van der Waals surface area contributed by atoms with Crippen LogP contribution < -0.4 is 0 Å². The Morgan fingerprint density at radius 2 is 1.76 bits per heavy atom. The number of amides is 1. The van der Waals surface area contributed by atoms with E-state index in [2.05, 4.69) is 30.5 Å². The predicted octanol–water partition coefficient (Wildman–Crippen LogP) is 4.65. The van der Waals surface area contributed by atoms with Gasteiger partial charge in [0.25, 0.3) is 0 Å². The van der Waals surface area contributed by atoms with Crippen molar-refractivity contribution in [2.24, 2.45) is 0 Å². The van der Waals surface area contributed by atoms with Gasteiger partial charge in [0.1, 0.15) is 5.60 Å². The minimum absolute atomic E-state index is 0.280. The standard InChI is InChI=1S/C19H29NO3S2/c1-18(2,3)23-17(21)20-12-9-19(22,10-13-20)11-14-25-16-7-5-15(24-4)6-8-16/h5-8,22H,9-14H2,1-4H3. The zero-order chi connectivity index (χ0) is 18.5. The fourth-order valence-electron chi connectivity index (χ4n) is 2.71. The van der Waals surface area contributed by atoms with Gasteiger partial charge in [0, 0.05) is 28.6 Å². The Morgan fingerprint density at radius 3 is 2.28 bits per heavy atom. The number of ether oxygens (including phenoxy) is 1. The lowest BCUT2D eigenvalue weighted by Gasteiger charge is -2.38. The van der Waals surface area contributed by atoms with Gasteiger partial charge in [-0.05, 0) is 70.6 Å². The van der Waals surface area contributed by atoms with Crippen LogP contribution in [0.2, 0.25) is 0 Å². The van der Waals surface area contributed by atoms with Gasteiger partial charge in [-0.25, -0.2) is 4.79 Å². The van der Waals surface area contributed by atoms with Crippen molar-refractivity contribution in [3.63, 3.8) is 0 Å². The molecule has 0 saturated carbocycles. The van der Waals surface area contributed by atoms with E-state index in [1.807, 2.05) is 20.8 Å². The summed E-state index contributed by atoms with van der Waals surface area (Å²) >= 11 is 3.51. The maximum absolute atomic E-state index is 12.1. The first-order chi connectivity index (χ1) is 11.7. The zero-order valence-corrected chi connectivity index (χ0v) is 17.2. The molecule has 1 fully saturated rings. The highest BCUT2D eigenvalue weighted by Gasteiger charge is 2.34. The van der Waals surface area contributed by atoms with Crippen molar-refractivity contribution in [3.8, 4) is 0 Å². The summed E-state index contributed by atoms with van der Waals surface area (Å²) in [6.07, 6.45) is 3.75. The molecule has 4 nitrogen and oxygen atoms in total. The smallest absolute Gasteiger partial charge is 0.410 e. The Hall–Kier alpha value is -0.850. The molecule has 1 aromatic carbocycles. The van der Waals surface area contributed by atoms with Crippen LogP contribution in [0.5, 0.6) is 0 Å². The third kappa shape index (κ3) is 6.76. The van der Waals surface area contributed by atoms with Gasteiger partial charge >= 0.3 is 6.09 Å². The van der Waals surface area contributed by atoms with Crippen molar-refractivity contribution in [1.82, 2.24) is 4.90 Å². The molecule has 140 valence electrons. The minimum Gasteiger partial charge on any atom is -0.444 e. The Balaban J connectivity index is 1.75. The van der Waals surface area contributed by atoms with Crippen molar-refractivity contribution in [3.05, 3.63) is 24.3 Å². The molecule has 0 unspecified atom stereocenters. The molecule has 6 heteroatoms. The number of nitrogens with zero attached hydrogens (tertiary/aromatic N) is 1. The first-order valence-electron chi connectivity index (χ1n) is 8.68. The third-order valence-corrected chi connectivity index (χ3v) is 6.00. The number of aliphatic hydroxyl groups is 1. The van der Waals surface area contributed by atoms with Crippen LogP contribution in [0.3, 0.4) is 0 Å². The van der Waals surface area contributed by atoms with Crippen molar-refractivity contribution in [2.45, 2.75) is 61.0 Å². The molecule has 1 saturated heterocycles. The maximum Gasteiger partial charge on any atom is 0.410 e. The summed E-state index contributed by atoms with van der Waals surface area (Å²) < 4.78 is 5.40. The molecule has 2 rings (SSSR count). The third-order valence-electron chi connectivity index (χ3n) is 4.24. The Labute approximate surface area is 159 Å². The number of carbonyl (C=O) groups excluding carboxylic acids is 1. The van der Waals surface area contributed by atoms with Gasteiger partial charge < -0.3 is 14.7 Å². The first-order valence-corrected chi connectivity index (χ1v) is 10.9. The largest absolute Gasteiger partial charge is 0.444 e. The van der Waals surface area contributed by atoms with Crippen molar-refractivity contribution < 1.29 is 14.6 Å². The van der Waals surface area contributed by atoms with Crippen LogP contribution in [0.1, 0.15) is 40.0 Å². The molecular weight excluding hydrogens is 354 g/mol. The highest BCUT2D eigenvalue weighted by molar-refractivity contribution is 7.99. The zero-order valence-electron chi connectivity index (χ0n) is 15.6. The molecule has 0 aromatic heterocycles. The second-order valence-electron chi connectivity index (χ2n) is 7.47. The van der Waals surface area contributed by atoms with Gasteiger partial charge in [0.15, 0.2) is 0 Å². The SMILES string of the molecule is CSc1ccc(SCCC2(O)CCN(C(=O)OC(C)(C)C)CC2)cc1.